The number of fused-ring (bicyclic) bond motifs is 1. The van der Waals surface area contributed by atoms with Gasteiger partial charge in [-0.3, -0.25) is 14.7 Å². The van der Waals surface area contributed by atoms with Crippen molar-refractivity contribution in [3.8, 4) is 0 Å². The first-order valence-corrected chi connectivity index (χ1v) is 11.2. The number of carbonyl (C=O) groups is 1. The lowest BCUT2D eigenvalue weighted by atomic mass is 10.0. The average Bonchev–Trinajstić information content (AvgIpc) is 2.87. The fraction of sp³-hybridized carbons (Fsp3) is 0.280. The smallest absolute Gasteiger partial charge is 0.257 e. The Balaban J connectivity index is 1.49. The summed E-state index contributed by atoms with van der Waals surface area (Å²) in [5, 5.41) is 4.75. The van der Waals surface area contributed by atoms with E-state index in [0.29, 0.717) is 17.9 Å². The van der Waals surface area contributed by atoms with Crippen LogP contribution in [0, 0.1) is 0 Å². The van der Waals surface area contributed by atoms with Crippen LogP contribution in [0.15, 0.2) is 60.0 Å². The molecule has 0 bridgehead atoms. The average molecular weight is 462 g/mol. The summed E-state index contributed by atoms with van der Waals surface area (Å²) in [6.45, 7) is 3.16. The van der Waals surface area contributed by atoms with E-state index in [1.807, 2.05) is 24.3 Å². The van der Waals surface area contributed by atoms with Crippen LogP contribution in [0.4, 0.5) is 16.0 Å². The number of aliphatic imine (C=N–C) groups is 1. The molecule has 8 nitrogen and oxygen atoms in total. The van der Waals surface area contributed by atoms with Crippen molar-refractivity contribution >= 4 is 40.1 Å². The van der Waals surface area contributed by atoms with Crippen molar-refractivity contribution in [3.05, 3.63) is 66.1 Å². The maximum absolute atomic E-state index is 12.9. The fourth-order valence-electron chi connectivity index (χ4n) is 3.98. The number of anilines is 2. The number of nitrogens with two attached hydrogens (primary N) is 1. The first-order chi connectivity index (χ1) is 16.6. The van der Waals surface area contributed by atoms with Crippen molar-refractivity contribution in [3.63, 3.8) is 0 Å². The van der Waals surface area contributed by atoms with E-state index in [1.54, 1.807) is 37.8 Å². The molecule has 0 spiro atoms. The Bertz CT molecular complexity index is 1220. The van der Waals surface area contributed by atoms with Crippen LogP contribution in [0.1, 0.15) is 15.9 Å². The van der Waals surface area contributed by atoms with Gasteiger partial charge in [0.15, 0.2) is 0 Å². The van der Waals surface area contributed by atoms with E-state index in [2.05, 4.69) is 30.1 Å². The molecule has 2 aromatic heterocycles. The number of hydrogen-bond donors (Lipinski definition) is 2. The maximum Gasteiger partial charge on any atom is 0.257 e. The van der Waals surface area contributed by atoms with Crippen molar-refractivity contribution in [2.24, 2.45) is 10.7 Å². The number of rotatable bonds is 7. The Morgan fingerprint density at radius 2 is 1.94 bits per heavy atom. The summed E-state index contributed by atoms with van der Waals surface area (Å²) in [6.07, 6.45) is 6.57. The molecule has 0 unspecified atom stereocenters. The van der Waals surface area contributed by atoms with Gasteiger partial charge in [0.05, 0.1) is 0 Å². The molecule has 1 aliphatic heterocycles. The zero-order valence-corrected chi connectivity index (χ0v) is 19.1. The third kappa shape index (κ3) is 5.37. The Kier molecular flexibility index (Phi) is 7.44. The number of halogens is 1. The molecule has 4 rings (SSSR count). The van der Waals surface area contributed by atoms with Crippen LogP contribution in [-0.2, 0) is 0 Å². The Labute approximate surface area is 198 Å². The number of piperazine rings is 1. The fourth-order valence-corrected chi connectivity index (χ4v) is 3.98. The van der Waals surface area contributed by atoms with E-state index in [9.17, 15) is 9.18 Å². The molecule has 3 heterocycles. The number of pyridine rings is 2. The molecule has 3 N–H and O–H groups in total. The third-order valence-corrected chi connectivity index (χ3v) is 5.85. The molecular weight excluding hydrogens is 433 g/mol. The normalized spacial score (nSPS) is 15.2. The largest absolute Gasteiger partial charge is 0.404 e. The van der Waals surface area contributed by atoms with Gasteiger partial charge in [0.2, 0.25) is 0 Å². The number of allylic oxidation sites excluding steroid dienone is 1. The summed E-state index contributed by atoms with van der Waals surface area (Å²) >= 11 is 0. The molecule has 1 amide bonds. The molecular formula is C25H28FN7O. The highest BCUT2D eigenvalue weighted by atomic mass is 19.1. The van der Waals surface area contributed by atoms with E-state index in [1.165, 1.54) is 6.20 Å². The molecule has 1 fully saturated rings. The maximum atomic E-state index is 12.9. The predicted octanol–water partition coefficient (Wildman–Crippen LogP) is 2.97. The van der Waals surface area contributed by atoms with Crippen LogP contribution < -0.4 is 16.0 Å². The third-order valence-electron chi connectivity index (χ3n) is 5.85. The lowest BCUT2D eigenvalue weighted by Gasteiger charge is -2.35. The van der Waals surface area contributed by atoms with E-state index in [-0.39, 0.29) is 12.6 Å². The van der Waals surface area contributed by atoms with Crippen molar-refractivity contribution < 1.29 is 9.18 Å². The Morgan fingerprint density at radius 3 is 2.68 bits per heavy atom. The summed E-state index contributed by atoms with van der Waals surface area (Å²) in [6, 6.07) is 11.2. The molecule has 34 heavy (non-hydrogen) atoms. The SMILES string of the molecule is CN=CC(=CN)c1ccc2cnc(NC(=O)c3ccnc(N4CCN(CCF)CC4)c3)cc2c1. The minimum absolute atomic E-state index is 0.261. The number of hydrogen-bond acceptors (Lipinski definition) is 7. The molecule has 9 heteroatoms. The van der Waals surface area contributed by atoms with E-state index >= 15 is 0 Å². The molecule has 0 radical (unpaired) electrons. The highest BCUT2D eigenvalue weighted by Crippen LogP contribution is 2.23. The van der Waals surface area contributed by atoms with Crippen LogP contribution in [0.2, 0.25) is 0 Å². The van der Waals surface area contributed by atoms with Gasteiger partial charge < -0.3 is 16.0 Å². The molecule has 176 valence electrons. The summed E-state index contributed by atoms with van der Waals surface area (Å²) in [7, 11) is 1.69. The van der Waals surface area contributed by atoms with E-state index in [4.69, 9.17) is 5.73 Å². The van der Waals surface area contributed by atoms with Gasteiger partial charge in [-0.15, -0.1) is 0 Å². The number of amides is 1. The second-order valence-corrected chi connectivity index (χ2v) is 8.02. The second-order valence-electron chi connectivity index (χ2n) is 8.02. The number of benzene rings is 1. The van der Waals surface area contributed by atoms with Gasteiger partial charge in [0.25, 0.3) is 5.91 Å². The summed E-state index contributed by atoms with van der Waals surface area (Å²) in [5.74, 6) is 0.931. The Morgan fingerprint density at radius 1 is 1.12 bits per heavy atom. The molecule has 0 saturated carbocycles. The van der Waals surface area contributed by atoms with Gasteiger partial charge in [-0.2, -0.15) is 0 Å². The first-order valence-electron chi connectivity index (χ1n) is 11.2. The highest BCUT2D eigenvalue weighted by molar-refractivity contribution is 6.11. The topological polar surface area (TPSA) is 99.7 Å². The minimum Gasteiger partial charge on any atom is -0.404 e. The van der Waals surface area contributed by atoms with Crippen molar-refractivity contribution in [1.82, 2.24) is 14.9 Å². The molecule has 3 aromatic rings. The molecule has 0 aliphatic carbocycles. The lowest BCUT2D eigenvalue weighted by molar-refractivity contribution is 0.102. The van der Waals surface area contributed by atoms with Crippen molar-refractivity contribution in [2.45, 2.75) is 0 Å². The molecule has 1 aromatic carbocycles. The van der Waals surface area contributed by atoms with Crippen LogP contribution in [-0.4, -0.2) is 73.4 Å². The van der Waals surface area contributed by atoms with Gasteiger partial charge >= 0.3 is 0 Å². The number of nitrogens with one attached hydrogen (secondary N) is 1. The van der Waals surface area contributed by atoms with Gasteiger partial charge in [-0.25, -0.2) is 14.4 Å². The van der Waals surface area contributed by atoms with E-state index in [0.717, 1.165) is 53.9 Å². The molecule has 1 saturated heterocycles. The summed E-state index contributed by atoms with van der Waals surface area (Å²) < 4.78 is 12.6. The standard InChI is InChI=1S/C25H28FN7O/c1-28-16-22(15-27)18-2-3-20-17-30-23(13-21(20)12-18)31-25(34)19-4-6-29-24(14-19)33-10-8-32(7-5-26)9-11-33/h2-4,6,12-17H,5,7-11,27H2,1H3,(H,30,31,34). The number of alkyl halides is 1. The minimum atomic E-state index is -0.337. The van der Waals surface area contributed by atoms with Crippen LogP contribution >= 0.6 is 0 Å². The zero-order chi connectivity index (χ0) is 23.9. The summed E-state index contributed by atoms with van der Waals surface area (Å²) in [4.78, 5) is 30.0. The number of carbonyl (C=O) groups excluding carboxylic acids is 1. The molecule has 0 atom stereocenters. The number of aromatic nitrogens is 2. The lowest BCUT2D eigenvalue weighted by Crippen LogP contribution is -2.47. The van der Waals surface area contributed by atoms with Gasteiger partial charge in [-0.1, -0.05) is 12.1 Å². The zero-order valence-electron chi connectivity index (χ0n) is 19.1. The van der Waals surface area contributed by atoms with Gasteiger partial charge in [0.1, 0.15) is 18.3 Å². The van der Waals surface area contributed by atoms with Crippen molar-refractivity contribution in [1.29, 1.82) is 0 Å². The Hall–Kier alpha value is -3.85. The van der Waals surface area contributed by atoms with Gasteiger partial charge in [-0.05, 0) is 35.2 Å². The van der Waals surface area contributed by atoms with Crippen LogP contribution in [0.3, 0.4) is 0 Å². The highest BCUT2D eigenvalue weighted by Gasteiger charge is 2.19. The van der Waals surface area contributed by atoms with Crippen molar-refractivity contribution in [2.75, 3.05) is 56.7 Å². The first kappa shape index (κ1) is 23.3. The summed E-state index contributed by atoms with van der Waals surface area (Å²) in [5.41, 5.74) is 7.96. The number of nitrogens with zero attached hydrogens (tertiary/aromatic N) is 5. The van der Waals surface area contributed by atoms with E-state index < -0.39 is 0 Å². The van der Waals surface area contributed by atoms with Crippen LogP contribution in [0.25, 0.3) is 16.3 Å². The predicted molar refractivity (Wildman–Crippen MR) is 135 cm³/mol. The van der Waals surface area contributed by atoms with Gasteiger partial charge in [0, 0.05) is 81.1 Å². The van der Waals surface area contributed by atoms with Crippen LogP contribution in [0.5, 0.6) is 0 Å². The monoisotopic (exact) mass is 461 g/mol. The second kappa shape index (κ2) is 10.8. The molecule has 1 aliphatic rings. The quantitative estimate of drug-likeness (QED) is 0.525.